The van der Waals surface area contributed by atoms with Gasteiger partial charge in [0.15, 0.2) is 17.5 Å². The van der Waals surface area contributed by atoms with E-state index in [1.54, 1.807) is 0 Å². The number of hydrogen-bond donors (Lipinski definition) is 0. The zero-order valence-electron chi connectivity index (χ0n) is 32.9. The second-order valence-electron chi connectivity index (χ2n) is 16.6. The Morgan fingerprint density at radius 2 is 1.07 bits per heavy atom. The Morgan fingerprint density at radius 3 is 1.90 bits per heavy atom. The quantitative estimate of drug-likeness (QED) is 0.179. The van der Waals surface area contributed by atoms with Crippen molar-refractivity contribution < 1.29 is 0 Å². The molecular weight excluding hydrogens is 741 g/mol. The third-order valence-corrected chi connectivity index (χ3v) is 13.6. The Labute approximate surface area is 352 Å². The lowest BCUT2D eigenvalue weighted by Crippen LogP contribution is -2.35. The van der Waals surface area contributed by atoms with Crippen molar-refractivity contribution >= 4 is 38.2 Å². The first-order valence-electron chi connectivity index (χ1n) is 21.1. The van der Waals surface area contributed by atoms with E-state index in [4.69, 9.17) is 15.0 Å². The summed E-state index contributed by atoms with van der Waals surface area (Å²) >= 11 is 0. The molecule has 3 aliphatic carbocycles. The van der Waals surface area contributed by atoms with Crippen LogP contribution in [0.2, 0.25) is 0 Å². The molecule has 0 fully saturated rings. The summed E-state index contributed by atoms with van der Waals surface area (Å²) in [6, 6.07) is 65.8. The maximum atomic E-state index is 5.40. The second-order valence-corrected chi connectivity index (χ2v) is 16.6. The predicted molar refractivity (Wildman–Crippen MR) is 247 cm³/mol. The van der Waals surface area contributed by atoms with Crippen molar-refractivity contribution in [2.75, 3.05) is 0 Å². The third kappa shape index (κ3) is 4.40. The summed E-state index contributed by atoms with van der Waals surface area (Å²) in [6.07, 6.45) is 7.13. The number of rotatable bonds is 4. The van der Waals surface area contributed by atoms with Crippen molar-refractivity contribution in [3.63, 3.8) is 0 Å². The van der Waals surface area contributed by atoms with Gasteiger partial charge in [-0.2, -0.15) is 0 Å². The van der Waals surface area contributed by atoms with E-state index in [0.717, 1.165) is 33.2 Å². The van der Waals surface area contributed by atoms with E-state index in [9.17, 15) is 0 Å². The number of fused-ring (bicyclic) bond motifs is 14. The summed E-state index contributed by atoms with van der Waals surface area (Å²) in [6.45, 7) is 0. The van der Waals surface area contributed by atoms with Crippen molar-refractivity contribution in [3.8, 4) is 51.0 Å². The number of hydrogen-bond acceptors (Lipinski definition) is 3. The Kier molecular flexibility index (Phi) is 6.51. The molecule has 4 heteroatoms. The number of aromatic nitrogens is 4. The highest BCUT2D eigenvalue weighted by Gasteiger charge is 2.56. The lowest BCUT2D eigenvalue weighted by Gasteiger charge is -2.41. The van der Waals surface area contributed by atoms with Gasteiger partial charge in [-0.05, 0) is 79.1 Å². The summed E-state index contributed by atoms with van der Waals surface area (Å²) in [5.41, 5.74) is 17.9. The van der Waals surface area contributed by atoms with Gasteiger partial charge < -0.3 is 4.57 Å². The average molecular weight is 775 g/mol. The van der Waals surface area contributed by atoms with Gasteiger partial charge in [-0.15, -0.1) is 0 Å². The van der Waals surface area contributed by atoms with E-state index in [-0.39, 0.29) is 0 Å². The number of allylic oxidation sites excluding steroid dienone is 6. The Morgan fingerprint density at radius 1 is 0.426 bits per heavy atom. The van der Waals surface area contributed by atoms with Gasteiger partial charge in [-0.3, -0.25) is 0 Å². The van der Waals surface area contributed by atoms with E-state index in [0.29, 0.717) is 23.4 Å². The molecule has 8 aromatic carbocycles. The van der Waals surface area contributed by atoms with Crippen LogP contribution in [0.4, 0.5) is 0 Å². The molecular formula is C57H34N4. The van der Waals surface area contributed by atoms with Gasteiger partial charge in [0.25, 0.3) is 0 Å². The lowest BCUT2D eigenvalue weighted by molar-refractivity contribution is 0.688. The first-order chi connectivity index (χ1) is 30.3. The first kappa shape index (κ1) is 32.9. The molecule has 4 nitrogen and oxygen atoms in total. The average Bonchev–Trinajstić information content (AvgIpc) is 3.97. The zero-order chi connectivity index (χ0) is 39.8. The Balaban J connectivity index is 1.05. The maximum absolute atomic E-state index is 5.40. The monoisotopic (exact) mass is 774 g/mol. The van der Waals surface area contributed by atoms with Gasteiger partial charge in [-0.1, -0.05) is 182 Å². The van der Waals surface area contributed by atoms with E-state index < -0.39 is 5.41 Å². The molecule has 2 aromatic heterocycles. The van der Waals surface area contributed by atoms with Crippen LogP contribution in [0.1, 0.15) is 22.3 Å². The summed E-state index contributed by atoms with van der Waals surface area (Å²) in [5, 5.41) is 4.78. The highest BCUT2D eigenvalue weighted by atomic mass is 15.0. The Hall–Kier alpha value is -7.95. The highest BCUT2D eigenvalue weighted by Crippen LogP contribution is 2.66. The second kappa shape index (κ2) is 12.1. The summed E-state index contributed by atoms with van der Waals surface area (Å²) in [4.78, 5) is 15.9. The van der Waals surface area contributed by atoms with Crippen LogP contribution in [0.3, 0.4) is 0 Å². The molecule has 0 saturated carbocycles. The van der Waals surface area contributed by atoms with Crippen LogP contribution in [0.25, 0.3) is 89.1 Å². The van der Waals surface area contributed by atoms with Gasteiger partial charge in [0, 0.05) is 33.4 Å². The molecule has 3 heterocycles. The topological polar surface area (TPSA) is 43.6 Å². The molecule has 2 atom stereocenters. The van der Waals surface area contributed by atoms with Crippen molar-refractivity contribution in [2.24, 2.45) is 5.92 Å². The minimum Gasteiger partial charge on any atom is -0.309 e. The predicted octanol–water partition coefficient (Wildman–Crippen LogP) is 13.3. The van der Waals surface area contributed by atoms with E-state index in [2.05, 4.69) is 187 Å². The van der Waals surface area contributed by atoms with Crippen molar-refractivity contribution in [3.05, 3.63) is 234 Å². The van der Waals surface area contributed by atoms with Gasteiger partial charge in [-0.25, -0.2) is 15.0 Å². The highest BCUT2D eigenvalue weighted by molar-refractivity contribution is 6.13. The molecule has 14 rings (SSSR count). The smallest absolute Gasteiger partial charge is 0.164 e. The maximum Gasteiger partial charge on any atom is 0.164 e. The molecule has 0 amide bonds. The standard InChI is InChI=1S/C57H34N4/c1-3-14-34(15-4-1)38-29-30-45(40-19-8-7-18-39(38)40)56-59-54(35-16-5-2-6-17-35)58-55(60-56)37-27-31-48-51(33-37)61-50-25-12-10-21-42(50)44-22-13-24-49(53(44)61)57(48)47-23-11-9-20-41(47)43-28-26-36-32-46(36)52(43)57/h1-33,46H/t46-,57?/m1/s1. The van der Waals surface area contributed by atoms with Crippen LogP contribution < -0.4 is 0 Å². The fraction of sp³-hybridized carbons (Fsp3) is 0.0351. The van der Waals surface area contributed by atoms with Crippen LogP contribution in [-0.4, -0.2) is 19.5 Å². The molecule has 0 bridgehead atoms. The minimum absolute atomic E-state index is 0.314. The molecule has 0 radical (unpaired) electrons. The summed E-state index contributed by atoms with van der Waals surface area (Å²) in [5.74, 6) is 2.25. The molecule has 1 spiro atoms. The number of para-hydroxylation sites is 2. The van der Waals surface area contributed by atoms with Gasteiger partial charge >= 0.3 is 0 Å². The third-order valence-electron chi connectivity index (χ3n) is 13.6. The van der Waals surface area contributed by atoms with Crippen molar-refractivity contribution in [1.29, 1.82) is 0 Å². The first-order valence-corrected chi connectivity index (χ1v) is 21.1. The largest absolute Gasteiger partial charge is 0.309 e. The SMILES string of the molecule is C1=CC2=C([C@@H]3C=C13)C1(c3ccccc32)c2ccc(-c3nc(-c4ccccc4)nc(-c4ccc(-c5ccccc5)c5ccccc45)n3)cc2-n2c3ccccc3c3cccc1c32. The number of nitrogens with zero attached hydrogens (tertiary/aromatic N) is 4. The normalized spacial score (nSPS) is 17.7. The molecule has 1 aliphatic heterocycles. The van der Waals surface area contributed by atoms with Crippen LogP contribution in [0.5, 0.6) is 0 Å². The van der Waals surface area contributed by atoms with Crippen molar-refractivity contribution in [1.82, 2.24) is 19.5 Å². The molecule has 1 unspecified atom stereocenters. The van der Waals surface area contributed by atoms with Crippen LogP contribution in [0.15, 0.2) is 211 Å². The molecule has 61 heavy (non-hydrogen) atoms. The summed E-state index contributed by atoms with van der Waals surface area (Å²) < 4.78 is 2.52. The van der Waals surface area contributed by atoms with Gasteiger partial charge in [0.1, 0.15) is 0 Å². The number of benzene rings is 8. The molecule has 282 valence electrons. The minimum atomic E-state index is -0.476. The van der Waals surface area contributed by atoms with Crippen LogP contribution in [-0.2, 0) is 5.41 Å². The van der Waals surface area contributed by atoms with Crippen molar-refractivity contribution in [2.45, 2.75) is 5.41 Å². The van der Waals surface area contributed by atoms with E-state index in [1.165, 1.54) is 71.9 Å². The van der Waals surface area contributed by atoms with Crippen LogP contribution in [0, 0.1) is 5.92 Å². The fourth-order valence-corrected chi connectivity index (χ4v) is 11.0. The molecule has 0 saturated heterocycles. The molecule has 4 aliphatic rings. The van der Waals surface area contributed by atoms with Gasteiger partial charge in [0.2, 0.25) is 0 Å². The zero-order valence-corrected chi connectivity index (χ0v) is 32.9. The fourth-order valence-electron chi connectivity index (χ4n) is 11.0. The van der Waals surface area contributed by atoms with Gasteiger partial charge in [0.05, 0.1) is 22.1 Å². The Bertz CT molecular complexity index is 3650. The molecule has 10 aromatic rings. The molecule has 0 N–H and O–H groups in total. The van der Waals surface area contributed by atoms with E-state index in [1.807, 2.05) is 18.2 Å². The summed E-state index contributed by atoms with van der Waals surface area (Å²) in [7, 11) is 0. The lowest BCUT2D eigenvalue weighted by atomic mass is 9.62. The van der Waals surface area contributed by atoms with E-state index >= 15 is 0 Å². The van der Waals surface area contributed by atoms with Crippen LogP contribution >= 0.6 is 0 Å².